The summed E-state index contributed by atoms with van der Waals surface area (Å²) in [5, 5.41) is 4.09. The molecule has 0 aliphatic rings. The quantitative estimate of drug-likeness (QED) is 0.390. The molecule has 0 aromatic heterocycles. The van der Waals surface area contributed by atoms with Gasteiger partial charge in [-0.05, 0) is 60.4 Å². The lowest BCUT2D eigenvalue weighted by molar-refractivity contribution is -0.120. The van der Waals surface area contributed by atoms with E-state index in [-0.39, 0.29) is 5.91 Å². The van der Waals surface area contributed by atoms with Crippen molar-refractivity contribution >= 4 is 28.1 Å². The number of ether oxygens (including phenoxy) is 1. The van der Waals surface area contributed by atoms with Gasteiger partial charge in [0.05, 0.1) is 12.6 Å². The summed E-state index contributed by atoms with van der Waals surface area (Å²) in [5.74, 6) is 0.556. The molecule has 0 radical (unpaired) electrons. The summed E-state index contributed by atoms with van der Waals surface area (Å²) in [6, 6.07) is 21.6. The maximum atomic E-state index is 12.2. The average molecular weight is 451 g/mol. The van der Waals surface area contributed by atoms with Crippen molar-refractivity contribution in [3.63, 3.8) is 0 Å². The Morgan fingerprint density at radius 1 is 1.00 bits per heavy atom. The van der Waals surface area contributed by atoms with Crippen LogP contribution in [0.2, 0.25) is 0 Å². The molecule has 3 rings (SSSR count). The number of hydrogen-bond acceptors (Lipinski definition) is 3. The number of carbonyl (C=O) groups is 1. The molecular formula is C24H23BrN2O2. The number of para-hydroxylation sites is 1. The number of nitrogens with zero attached hydrogens (tertiary/aromatic N) is 1. The molecule has 0 aliphatic carbocycles. The van der Waals surface area contributed by atoms with Crippen molar-refractivity contribution in [3.8, 4) is 5.75 Å². The predicted molar refractivity (Wildman–Crippen MR) is 120 cm³/mol. The Balaban J connectivity index is 1.57. The first-order chi connectivity index (χ1) is 14.0. The molecule has 4 nitrogen and oxygen atoms in total. The van der Waals surface area contributed by atoms with Gasteiger partial charge >= 0.3 is 0 Å². The Kier molecular flexibility index (Phi) is 7.19. The number of aryl methyl sites for hydroxylation is 2. The molecule has 0 aliphatic heterocycles. The monoisotopic (exact) mass is 450 g/mol. The zero-order valence-corrected chi connectivity index (χ0v) is 18.1. The third kappa shape index (κ3) is 6.29. The van der Waals surface area contributed by atoms with E-state index in [4.69, 9.17) is 4.74 Å². The molecule has 29 heavy (non-hydrogen) atoms. The van der Waals surface area contributed by atoms with Crippen LogP contribution >= 0.6 is 15.9 Å². The van der Waals surface area contributed by atoms with Crippen LogP contribution < -0.4 is 10.2 Å². The van der Waals surface area contributed by atoms with Crippen molar-refractivity contribution in [2.24, 2.45) is 5.10 Å². The second-order valence-electron chi connectivity index (χ2n) is 6.84. The molecule has 0 fully saturated rings. The Hall–Kier alpha value is -2.92. The number of hydrogen-bond donors (Lipinski definition) is 1. The van der Waals surface area contributed by atoms with Crippen molar-refractivity contribution in [2.75, 3.05) is 0 Å². The Labute approximate surface area is 179 Å². The minimum Gasteiger partial charge on any atom is -0.488 e. The molecule has 1 amide bonds. The summed E-state index contributed by atoms with van der Waals surface area (Å²) >= 11 is 3.43. The maximum absolute atomic E-state index is 12.2. The van der Waals surface area contributed by atoms with Gasteiger partial charge in [-0.1, -0.05) is 58.4 Å². The lowest BCUT2D eigenvalue weighted by Crippen LogP contribution is -2.19. The second-order valence-corrected chi connectivity index (χ2v) is 7.76. The third-order valence-corrected chi connectivity index (χ3v) is 5.08. The average Bonchev–Trinajstić information content (AvgIpc) is 2.71. The molecule has 3 aromatic rings. The fourth-order valence-corrected chi connectivity index (χ4v) is 3.04. The van der Waals surface area contributed by atoms with Gasteiger partial charge in [-0.2, -0.15) is 5.10 Å². The summed E-state index contributed by atoms with van der Waals surface area (Å²) in [5.41, 5.74) is 7.83. The van der Waals surface area contributed by atoms with Gasteiger partial charge < -0.3 is 4.74 Å². The summed E-state index contributed by atoms with van der Waals surface area (Å²) in [6.45, 7) is 4.55. The third-order valence-electron chi connectivity index (χ3n) is 4.56. The van der Waals surface area contributed by atoms with Crippen LogP contribution in [0, 0.1) is 13.8 Å². The number of amides is 1. The van der Waals surface area contributed by atoms with E-state index in [2.05, 4.69) is 33.4 Å². The van der Waals surface area contributed by atoms with Crippen molar-refractivity contribution in [1.29, 1.82) is 0 Å². The summed E-state index contributed by atoms with van der Waals surface area (Å²) < 4.78 is 6.95. The molecule has 148 valence electrons. The fraction of sp³-hybridized carbons (Fsp3) is 0.167. The van der Waals surface area contributed by atoms with Crippen molar-refractivity contribution < 1.29 is 9.53 Å². The number of nitrogens with one attached hydrogen (secondary N) is 1. The number of benzene rings is 3. The number of hydrazone groups is 1. The van der Waals surface area contributed by atoms with E-state index in [1.54, 1.807) is 6.21 Å². The van der Waals surface area contributed by atoms with Crippen molar-refractivity contribution in [2.45, 2.75) is 26.9 Å². The van der Waals surface area contributed by atoms with Crippen LogP contribution in [0.5, 0.6) is 5.75 Å². The fourth-order valence-electron chi connectivity index (χ4n) is 2.77. The SMILES string of the molecule is Cc1ccc(CC(=O)N/N=C\c2ccccc2OCc2ccc(Br)cc2)cc1C. The smallest absolute Gasteiger partial charge is 0.244 e. The van der Waals surface area contributed by atoms with Gasteiger partial charge in [-0.3, -0.25) is 4.79 Å². The predicted octanol–water partition coefficient (Wildman–Crippen LogP) is 5.34. The van der Waals surface area contributed by atoms with E-state index in [1.807, 2.05) is 73.7 Å². The van der Waals surface area contributed by atoms with E-state index in [0.29, 0.717) is 18.8 Å². The summed E-state index contributed by atoms with van der Waals surface area (Å²) in [7, 11) is 0. The highest BCUT2D eigenvalue weighted by Crippen LogP contribution is 2.18. The van der Waals surface area contributed by atoms with Crippen LogP contribution in [0.1, 0.15) is 27.8 Å². The van der Waals surface area contributed by atoms with Crippen LogP contribution in [0.3, 0.4) is 0 Å². The van der Waals surface area contributed by atoms with Crippen LogP contribution in [0.25, 0.3) is 0 Å². The Bertz CT molecular complexity index is 1010. The number of rotatable bonds is 7. The zero-order chi connectivity index (χ0) is 20.6. The number of halogens is 1. The van der Waals surface area contributed by atoms with Crippen LogP contribution in [-0.4, -0.2) is 12.1 Å². The van der Waals surface area contributed by atoms with Gasteiger partial charge in [-0.15, -0.1) is 0 Å². The molecule has 1 N–H and O–H groups in total. The second kappa shape index (κ2) is 10.0. The maximum Gasteiger partial charge on any atom is 0.244 e. The van der Waals surface area contributed by atoms with Gasteiger partial charge in [0.25, 0.3) is 0 Å². The molecule has 0 saturated carbocycles. The largest absolute Gasteiger partial charge is 0.488 e. The van der Waals surface area contributed by atoms with Crippen LogP contribution in [0.15, 0.2) is 76.3 Å². The molecule has 0 spiro atoms. The lowest BCUT2D eigenvalue weighted by atomic mass is 10.0. The number of carbonyl (C=O) groups excluding carboxylic acids is 1. The topological polar surface area (TPSA) is 50.7 Å². The molecule has 0 atom stereocenters. The van der Waals surface area contributed by atoms with Gasteiger partial charge in [0, 0.05) is 10.0 Å². The highest BCUT2D eigenvalue weighted by atomic mass is 79.9. The standard InChI is InChI=1S/C24H23BrN2O2/c1-17-7-8-20(13-18(17)2)14-24(28)27-26-15-21-5-3-4-6-23(21)29-16-19-9-11-22(25)12-10-19/h3-13,15H,14,16H2,1-2H3,(H,27,28)/b26-15-. The molecule has 3 aromatic carbocycles. The first-order valence-electron chi connectivity index (χ1n) is 9.35. The molecule has 0 bridgehead atoms. The van der Waals surface area contributed by atoms with Gasteiger partial charge in [0.2, 0.25) is 5.91 Å². The van der Waals surface area contributed by atoms with Crippen LogP contribution in [0.4, 0.5) is 0 Å². The first-order valence-corrected chi connectivity index (χ1v) is 10.1. The Morgan fingerprint density at radius 2 is 1.72 bits per heavy atom. The Morgan fingerprint density at radius 3 is 2.48 bits per heavy atom. The van der Waals surface area contributed by atoms with E-state index in [9.17, 15) is 4.79 Å². The normalized spacial score (nSPS) is 10.9. The first kappa shape index (κ1) is 20.8. The zero-order valence-electron chi connectivity index (χ0n) is 16.5. The van der Waals surface area contributed by atoms with E-state index in [0.717, 1.165) is 21.2 Å². The van der Waals surface area contributed by atoms with Crippen molar-refractivity contribution in [1.82, 2.24) is 5.43 Å². The van der Waals surface area contributed by atoms with E-state index < -0.39 is 0 Å². The minimum atomic E-state index is -0.155. The van der Waals surface area contributed by atoms with E-state index >= 15 is 0 Å². The molecule has 0 saturated heterocycles. The van der Waals surface area contributed by atoms with Crippen molar-refractivity contribution in [3.05, 3.63) is 99.0 Å². The van der Waals surface area contributed by atoms with Gasteiger partial charge in [0.1, 0.15) is 12.4 Å². The summed E-state index contributed by atoms with van der Waals surface area (Å²) in [4.78, 5) is 12.2. The molecule has 0 unspecified atom stereocenters. The highest BCUT2D eigenvalue weighted by Gasteiger charge is 2.05. The molecular weight excluding hydrogens is 428 g/mol. The van der Waals surface area contributed by atoms with Gasteiger partial charge in [0.15, 0.2) is 0 Å². The van der Waals surface area contributed by atoms with E-state index in [1.165, 1.54) is 11.1 Å². The lowest BCUT2D eigenvalue weighted by Gasteiger charge is -2.09. The summed E-state index contributed by atoms with van der Waals surface area (Å²) in [6.07, 6.45) is 1.90. The molecule has 5 heteroatoms. The molecule has 0 heterocycles. The van der Waals surface area contributed by atoms with Crippen LogP contribution in [-0.2, 0) is 17.8 Å². The van der Waals surface area contributed by atoms with Gasteiger partial charge in [-0.25, -0.2) is 5.43 Å². The minimum absolute atomic E-state index is 0.155. The highest BCUT2D eigenvalue weighted by molar-refractivity contribution is 9.10.